The Morgan fingerprint density at radius 1 is 1.17 bits per heavy atom. The molecule has 1 fully saturated rings. The highest BCUT2D eigenvalue weighted by molar-refractivity contribution is 5.85. The molecule has 1 aromatic rings. The molecule has 0 N–H and O–H groups in total. The third-order valence-corrected chi connectivity index (χ3v) is 3.93. The highest BCUT2D eigenvalue weighted by atomic mass is 16.1. The third-order valence-electron chi connectivity index (χ3n) is 3.93. The maximum Gasteiger partial charge on any atom is 0.155 e. The van der Waals surface area contributed by atoms with Gasteiger partial charge in [0.2, 0.25) is 0 Å². The Kier molecular flexibility index (Phi) is 4.40. The molecule has 0 unspecified atom stereocenters. The molecule has 2 heteroatoms. The molecular formula is C16H23NO. The van der Waals surface area contributed by atoms with Crippen molar-refractivity contribution in [3.8, 4) is 0 Å². The molecule has 98 valence electrons. The number of carbonyl (C=O) groups excluding carboxylic acids is 1. The van der Waals surface area contributed by atoms with Gasteiger partial charge in [-0.25, -0.2) is 0 Å². The topological polar surface area (TPSA) is 20.3 Å². The summed E-state index contributed by atoms with van der Waals surface area (Å²) in [5, 5.41) is 0. The van der Waals surface area contributed by atoms with E-state index in [4.69, 9.17) is 0 Å². The standard InChI is InChI=1S/C16H23NO/c1-13-8-10-15(11-9-13)17(2)12-16(18)14-6-4-3-5-7-14/h8-11,14H,3-7,12H2,1-2H3. The lowest BCUT2D eigenvalue weighted by Gasteiger charge is -2.24. The van der Waals surface area contributed by atoms with Gasteiger partial charge in [0.05, 0.1) is 6.54 Å². The fraction of sp³-hybridized carbons (Fsp3) is 0.562. The molecule has 1 aromatic carbocycles. The van der Waals surface area contributed by atoms with E-state index >= 15 is 0 Å². The van der Waals surface area contributed by atoms with Crippen molar-refractivity contribution in [2.75, 3.05) is 18.5 Å². The monoisotopic (exact) mass is 245 g/mol. The molecule has 2 rings (SSSR count). The number of rotatable bonds is 4. The number of benzene rings is 1. The smallest absolute Gasteiger partial charge is 0.155 e. The first-order valence-electron chi connectivity index (χ1n) is 6.97. The Hall–Kier alpha value is -1.31. The highest BCUT2D eigenvalue weighted by Crippen LogP contribution is 2.25. The number of nitrogens with zero attached hydrogens (tertiary/aromatic N) is 1. The van der Waals surface area contributed by atoms with Crippen LogP contribution in [0.15, 0.2) is 24.3 Å². The minimum atomic E-state index is 0.312. The van der Waals surface area contributed by atoms with Gasteiger partial charge in [-0.05, 0) is 31.9 Å². The Morgan fingerprint density at radius 3 is 2.39 bits per heavy atom. The normalized spacial score (nSPS) is 16.6. The number of aryl methyl sites for hydroxylation is 1. The fourth-order valence-electron chi connectivity index (χ4n) is 2.68. The van der Waals surface area contributed by atoms with Gasteiger partial charge in [0.15, 0.2) is 5.78 Å². The molecule has 0 heterocycles. The van der Waals surface area contributed by atoms with Crippen LogP contribution >= 0.6 is 0 Å². The largest absolute Gasteiger partial charge is 0.367 e. The van der Waals surface area contributed by atoms with Gasteiger partial charge in [0.25, 0.3) is 0 Å². The van der Waals surface area contributed by atoms with Crippen LogP contribution in [0.3, 0.4) is 0 Å². The second-order valence-corrected chi connectivity index (χ2v) is 5.49. The zero-order valence-electron chi connectivity index (χ0n) is 11.5. The predicted molar refractivity (Wildman–Crippen MR) is 76.0 cm³/mol. The van der Waals surface area contributed by atoms with Crippen molar-refractivity contribution in [3.05, 3.63) is 29.8 Å². The van der Waals surface area contributed by atoms with Crippen LogP contribution in [0.25, 0.3) is 0 Å². The number of hydrogen-bond donors (Lipinski definition) is 0. The van der Waals surface area contributed by atoms with Crippen LogP contribution in [0, 0.1) is 12.8 Å². The van der Waals surface area contributed by atoms with E-state index in [-0.39, 0.29) is 0 Å². The Bertz CT molecular complexity index is 390. The van der Waals surface area contributed by atoms with E-state index in [0.29, 0.717) is 18.2 Å². The van der Waals surface area contributed by atoms with Gasteiger partial charge < -0.3 is 4.90 Å². The summed E-state index contributed by atoms with van der Waals surface area (Å²) in [4.78, 5) is 14.3. The van der Waals surface area contributed by atoms with Crippen LogP contribution in [0.1, 0.15) is 37.7 Å². The van der Waals surface area contributed by atoms with Gasteiger partial charge in [-0.15, -0.1) is 0 Å². The molecule has 0 aromatic heterocycles. The van der Waals surface area contributed by atoms with Crippen molar-refractivity contribution >= 4 is 11.5 Å². The van der Waals surface area contributed by atoms with Crippen molar-refractivity contribution < 1.29 is 4.79 Å². The molecule has 0 saturated heterocycles. The van der Waals surface area contributed by atoms with Gasteiger partial charge in [-0.1, -0.05) is 37.0 Å². The lowest BCUT2D eigenvalue weighted by Crippen LogP contribution is -2.31. The van der Waals surface area contributed by atoms with Crippen molar-refractivity contribution in [2.24, 2.45) is 5.92 Å². The van der Waals surface area contributed by atoms with Crippen LogP contribution in [0.4, 0.5) is 5.69 Å². The molecule has 0 radical (unpaired) electrons. The summed E-state index contributed by atoms with van der Waals surface area (Å²) in [5.41, 5.74) is 2.38. The first-order chi connectivity index (χ1) is 8.66. The lowest BCUT2D eigenvalue weighted by molar-refractivity contribution is -0.122. The van der Waals surface area contributed by atoms with Crippen LogP contribution in [-0.2, 0) is 4.79 Å². The van der Waals surface area contributed by atoms with Gasteiger partial charge in [-0.2, -0.15) is 0 Å². The fourth-order valence-corrected chi connectivity index (χ4v) is 2.68. The van der Waals surface area contributed by atoms with Gasteiger partial charge in [0.1, 0.15) is 0 Å². The second kappa shape index (κ2) is 6.03. The van der Waals surface area contributed by atoms with Crippen molar-refractivity contribution in [3.63, 3.8) is 0 Å². The Labute approximate surface area is 110 Å². The van der Waals surface area contributed by atoms with Crippen molar-refractivity contribution in [1.82, 2.24) is 0 Å². The highest BCUT2D eigenvalue weighted by Gasteiger charge is 2.21. The summed E-state index contributed by atoms with van der Waals surface area (Å²) in [5.74, 6) is 0.726. The number of ketones is 1. The van der Waals surface area contributed by atoms with E-state index in [1.54, 1.807) is 0 Å². The number of carbonyl (C=O) groups is 1. The molecule has 18 heavy (non-hydrogen) atoms. The van der Waals surface area contributed by atoms with Gasteiger partial charge in [-0.3, -0.25) is 4.79 Å². The summed E-state index contributed by atoms with van der Waals surface area (Å²) >= 11 is 0. The predicted octanol–water partition coefficient (Wildman–Crippen LogP) is 3.58. The molecule has 0 atom stereocenters. The molecular weight excluding hydrogens is 222 g/mol. The number of hydrogen-bond acceptors (Lipinski definition) is 2. The molecule has 0 bridgehead atoms. The van der Waals surface area contributed by atoms with E-state index < -0.39 is 0 Å². The van der Waals surface area contributed by atoms with Crippen LogP contribution < -0.4 is 4.90 Å². The van der Waals surface area contributed by atoms with Crippen molar-refractivity contribution in [1.29, 1.82) is 0 Å². The summed E-state index contributed by atoms with van der Waals surface area (Å²) in [6.45, 7) is 2.63. The van der Waals surface area contributed by atoms with E-state index in [1.165, 1.54) is 24.8 Å². The summed E-state index contributed by atoms with van der Waals surface area (Å²) in [6, 6.07) is 8.36. The maximum absolute atomic E-state index is 12.2. The first kappa shape index (κ1) is 13.1. The van der Waals surface area contributed by atoms with Crippen LogP contribution in [-0.4, -0.2) is 19.4 Å². The number of anilines is 1. The zero-order chi connectivity index (χ0) is 13.0. The molecule has 1 aliphatic carbocycles. The van der Waals surface area contributed by atoms with Crippen LogP contribution in [0.2, 0.25) is 0 Å². The van der Waals surface area contributed by atoms with E-state index in [1.807, 2.05) is 7.05 Å². The van der Waals surface area contributed by atoms with E-state index in [2.05, 4.69) is 36.1 Å². The quantitative estimate of drug-likeness (QED) is 0.808. The summed E-state index contributed by atoms with van der Waals surface area (Å²) in [7, 11) is 2.01. The van der Waals surface area contributed by atoms with Gasteiger partial charge >= 0.3 is 0 Å². The van der Waals surface area contributed by atoms with E-state index in [9.17, 15) is 4.79 Å². The molecule has 0 amide bonds. The lowest BCUT2D eigenvalue weighted by atomic mass is 9.86. The Balaban J connectivity index is 1.91. The van der Waals surface area contributed by atoms with E-state index in [0.717, 1.165) is 18.5 Å². The zero-order valence-corrected chi connectivity index (χ0v) is 11.5. The molecule has 2 nitrogen and oxygen atoms in total. The number of Topliss-reactive ketones (excluding diaryl/α,β-unsaturated/α-hetero) is 1. The first-order valence-corrected chi connectivity index (χ1v) is 6.97. The van der Waals surface area contributed by atoms with Crippen molar-refractivity contribution in [2.45, 2.75) is 39.0 Å². The number of likely N-dealkylation sites (N-methyl/N-ethyl adjacent to an activating group) is 1. The molecule has 0 aliphatic heterocycles. The maximum atomic E-state index is 12.2. The SMILES string of the molecule is Cc1ccc(N(C)CC(=O)C2CCCCC2)cc1. The average molecular weight is 245 g/mol. The minimum absolute atomic E-state index is 0.312. The minimum Gasteiger partial charge on any atom is -0.367 e. The second-order valence-electron chi connectivity index (χ2n) is 5.49. The Morgan fingerprint density at radius 2 is 1.78 bits per heavy atom. The molecule has 1 saturated carbocycles. The van der Waals surface area contributed by atoms with Crippen LogP contribution in [0.5, 0.6) is 0 Å². The summed E-state index contributed by atoms with van der Waals surface area (Å²) in [6.07, 6.45) is 5.95. The molecule has 0 spiro atoms. The molecule has 1 aliphatic rings. The summed E-state index contributed by atoms with van der Waals surface area (Å²) < 4.78 is 0. The van der Waals surface area contributed by atoms with Gasteiger partial charge in [0, 0.05) is 18.7 Å². The average Bonchev–Trinajstić information content (AvgIpc) is 2.40. The third kappa shape index (κ3) is 3.34.